The minimum atomic E-state index is -0.0279. The number of carbonyl (C=O) groups excluding carboxylic acids is 1. The first-order chi connectivity index (χ1) is 11.3. The second-order valence-corrected chi connectivity index (χ2v) is 5.36. The van der Waals surface area contributed by atoms with Crippen LogP contribution >= 0.6 is 0 Å². The zero-order valence-electron chi connectivity index (χ0n) is 13.0. The van der Waals surface area contributed by atoms with Gasteiger partial charge in [-0.15, -0.1) is 0 Å². The Morgan fingerprint density at radius 2 is 1.87 bits per heavy atom. The van der Waals surface area contributed by atoms with Gasteiger partial charge in [-0.3, -0.25) is 4.79 Å². The molecule has 1 aliphatic heterocycles. The average Bonchev–Trinajstić information content (AvgIpc) is 2.63. The Hall–Kier alpha value is -2.70. The van der Waals surface area contributed by atoms with Gasteiger partial charge in [0.05, 0.1) is 7.11 Å². The summed E-state index contributed by atoms with van der Waals surface area (Å²) in [6, 6.07) is 5.36. The smallest absolute Gasteiger partial charge is 0.237 e. The molecule has 1 aliphatic rings. The maximum Gasteiger partial charge on any atom is 0.237 e. The lowest BCUT2D eigenvalue weighted by Crippen LogP contribution is -2.39. The van der Waals surface area contributed by atoms with Gasteiger partial charge in [0.2, 0.25) is 17.7 Å². The molecule has 3 heterocycles. The molecular formula is C16H19N5O2. The Labute approximate surface area is 134 Å². The van der Waals surface area contributed by atoms with E-state index in [2.05, 4.69) is 25.2 Å². The van der Waals surface area contributed by atoms with Crippen molar-refractivity contribution in [1.29, 1.82) is 0 Å². The molecule has 1 amide bonds. The predicted octanol–water partition coefficient (Wildman–Crippen LogP) is 1.74. The first kappa shape index (κ1) is 15.2. The van der Waals surface area contributed by atoms with Crippen LogP contribution in [0.5, 0.6) is 5.88 Å². The summed E-state index contributed by atoms with van der Waals surface area (Å²) < 4.78 is 5.16. The minimum absolute atomic E-state index is 0.00456. The van der Waals surface area contributed by atoms with Crippen molar-refractivity contribution in [3.63, 3.8) is 0 Å². The Kier molecular flexibility index (Phi) is 4.65. The third-order valence-corrected chi connectivity index (χ3v) is 3.92. The lowest BCUT2D eigenvalue weighted by Gasteiger charge is -2.31. The number of carbonyl (C=O) groups is 1. The fourth-order valence-corrected chi connectivity index (χ4v) is 2.68. The molecule has 0 radical (unpaired) electrons. The molecule has 0 bridgehead atoms. The molecule has 0 aliphatic carbocycles. The second kappa shape index (κ2) is 7.04. The van der Waals surface area contributed by atoms with Gasteiger partial charge in [0, 0.05) is 37.6 Å². The summed E-state index contributed by atoms with van der Waals surface area (Å²) in [4.78, 5) is 27.1. The molecule has 1 fully saturated rings. The summed E-state index contributed by atoms with van der Waals surface area (Å²) in [5.74, 6) is 1.13. The molecule has 1 saturated heterocycles. The quantitative estimate of drug-likeness (QED) is 0.926. The van der Waals surface area contributed by atoms with Crippen molar-refractivity contribution < 1.29 is 9.53 Å². The number of hydrogen-bond donors (Lipinski definition) is 1. The Bertz CT molecular complexity index is 657. The topological polar surface area (TPSA) is 80.2 Å². The molecule has 120 valence electrons. The second-order valence-electron chi connectivity index (χ2n) is 5.36. The van der Waals surface area contributed by atoms with Gasteiger partial charge in [0.1, 0.15) is 5.69 Å². The van der Waals surface area contributed by atoms with Crippen LogP contribution in [0.25, 0.3) is 0 Å². The van der Waals surface area contributed by atoms with Crippen molar-refractivity contribution in [3.05, 3.63) is 36.8 Å². The summed E-state index contributed by atoms with van der Waals surface area (Å²) in [6.07, 6.45) is 6.64. The molecule has 3 rings (SSSR count). The molecule has 2 aromatic heterocycles. The lowest BCUT2D eigenvalue weighted by molar-refractivity contribution is -0.120. The maximum absolute atomic E-state index is 12.4. The molecule has 7 heteroatoms. The summed E-state index contributed by atoms with van der Waals surface area (Å²) in [5, 5.41) is 2.91. The van der Waals surface area contributed by atoms with Crippen molar-refractivity contribution in [1.82, 2.24) is 15.0 Å². The molecule has 2 aromatic rings. The van der Waals surface area contributed by atoms with Crippen molar-refractivity contribution in [2.45, 2.75) is 12.8 Å². The number of nitrogens with zero attached hydrogens (tertiary/aromatic N) is 4. The molecule has 23 heavy (non-hydrogen) atoms. The number of ether oxygens (including phenoxy) is 1. The van der Waals surface area contributed by atoms with Gasteiger partial charge in [-0.1, -0.05) is 0 Å². The van der Waals surface area contributed by atoms with Gasteiger partial charge in [0.25, 0.3) is 0 Å². The van der Waals surface area contributed by atoms with Gasteiger partial charge in [-0.2, -0.15) is 0 Å². The van der Waals surface area contributed by atoms with Crippen LogP contribution in [0.4, 0.5) is 11.6 Å². The molecule has 7 nitrogen and oxygen atoms in total. The van der Waals surface area contributed by atoms with E-state index in [0.29, 0.717) is 11.6 Å². The number of piperidine rings is 1. The molecule has 0 saturated carbocycles. The summed E-state index contributed by atoms with van der Waals surface area (Å²) in [5.41, 5.74) is 0.605. The average molecular weight is 313 g/mol. The predicted molar refractivity (Wildman–Crippen MR) is 86.4 cm³/mol. The van der Waals surface area contributed by atoms with Crippen molar-refractivity contribution in [2.75, 3.05) is 30.4 Å². The number of rotatable bonds is 4. The fraction of sp³-hybridized carbons (Fsp3) is 0.375. The highest BCUT2D eigenvalue weighted by molar-refractivity contribution is 5.93. The molecule has 0 aromatic carbocycles. The van der Waals surface area contributed by atoms with E-state index >= 15 is 0 Å². The normalized spacial score (nSPS) is 15.3. The van der Waals surface area contributed by atoms with Crippen LogP contribution in [0.15, 0.2) is 36.8 Å². The van der Waals surface area contributed by atoms with Crippen LogP contribution in [0.2, 0.25) is 0 Å². The number of anilines is 2. The van der Waals surface area contributed by atoms with Gasteiger partial charge in [-0.25, -0.2) is 15.0 Å². The van der Waals surface area contributed by atoms with E-state index in [1.54, 1.807) is 36.8 Å². The number of pyridine rings is 1. The highest BCUT2D eigenvalue weighted by Crippen LogP contribution is 2.24. The lowest BCUT2D eigenvalue weighted by atomic mass is 9.96. The van der Waals surface area contributed by atoms with Crippen molar-refractivity contribution in [2.24, 2.45) is 5.92 Å². The van der Waals surface area contributed by atoms with E-state index in [9.17, 15) is 4.79 Å². The van der Waals surface area contributed by atoms with Crippen LogP contribution in [0.3, 0.4) is 0 Å². The maximum atomic E-state index is 12.4. The Balaban J connectivity index is 1.58. The van der Waals surface area contributed by atoms with Crippen LogP contribution in [-0.4, -0.2) is 41.1 Å². The highest BCUT2D eigenvalue weighted by atomic mass is 16.5. The van der Waals surface area contributed by atoms with E-state index in [-0.39, 0.29) is 11.8 Å². The number of methoxy groups -OCH3 is 1. The van der Waals surface area contributed by atoms with E-state index in [1.165, 1.54) is 7.11 Å². The number of amides is 1. The molecular weight excluding hydrogens is 294 g/mol. The third-order valence-electron chi connectivity index (χ3n) is 3.92. The van der Waals surface area contributed by atoms with Gasteiger partial charge >= 0.3 is 0 Å². The standard InChI is InChI=1S/C16H19N5O2/c1-23-15-13(4-2-7-17-15)20-14(22)12-5-10-21(11-6-12)16-18-8-3-9-19-16/h2-4,7-9,12H,5-6,10-11H2,1H3,(H,20,22). The summed E-state index contributed by atoms with van der Waals surface area (Å²) in [7, 11) is 1.54. The first-order valence-corrected chi connectivity index (χ1v) is 7.60. The largest absolute Gasteiger partial charge is 0.480 e. The van der Waals surface area contributed by atoms with Gasteiger partial charge < -0.3 is 15.0 Å². The molecule has 0 spiro atoms. The van der Waals surface area contributed by atoms with E-state index in [4.69, 9.17) is 4.74 Å². The number of hydrogen-bond acceptors (Lipinski definition) is 6. The van der Waals surface area contributed by atoms with Crippen LogP contribution < -0.4 is 15.0 Å². The van der Waals surface area contributed by atoms with Crippen LogP contribution in [0, 0.1) is 5.92 Å². The molecule has 0 unspecified atom stereocenters. The molecule has 0 atom stereocenters. The van der Waals surface area contributed by atoms with E-state index < -0.39 is 0 Å². The number of aromatic nitrogens is 3. The third kappa shape index (κ3) is 3.56. The minimum Gasteiger partial charge on any atom is -0.480 e. The zero-order chi connectivity index (χ0) is 16.1. The number of nitrogens with one attached hydrogen (secondary N) is 1. The van der Waals surface area contributed by atoms with E-state index in [0.717, 1.165) is 31.9 Å². The Morgan fingerprint density at radius 1 is 1.17 bits per heavy atom. The first-order valence-electron chi connectivity index (χ1n) is 7.60. The van der Waals surface area contributed by atoms with E-state index in [1.807, 2.05) is 0 Å². The van der Waals surface area contributed by atoms with Crippen molar-refractivity contribution >= 4 is 17.5 Å². The fourth-order valence-electron chi connectivity index (χ4n) is 2.68. The molecule has 1 N–H and O–H groups in total. The zero-order valence-corrected chi connectivity index (χ0v) is 13.0. The van der Waals surface area contributed by atoms with Gasteiger partial charge in [-0.05, 0) is 31.0 Å². The van der Waals surface area contributed by atoms with Crippen molar-refractivity contribution in [3.8, 4) is 5.88 Å². The monoisotopic (exact) mass is 313 g/mol. The van der Waals surface area contributed by atoms with Gasteiger partial charge in [0.15, 0.2) is 0 Å². The highest BCUT2D eigenvalue weighted by Gasteiger charge is 2.26. The van der Waals surface area contributed by atoms with Crippen LogP contribution in [0.1, 0.15) is 12.8 Å². The Morgan fingerprint density at radius 3 is 2.57 bits per heavy atom. The summed E-state index contributed by atoms with van der Waals surface area (Å²) in [6.45, 7) is 1.54. The van der Waals surface area contributed by atoms with Crippen LogP contribution in [-0.2, 0) is 4.79 Å². The summed E-state index contributed by atoms with van der Waals surface area (Å²) >= 11 is 0. The SMILES string of the molecule is COc1ncccc1NC(=O)C1CCN(c2ncccn2)CC1.